The zero-order valence-electron chi connectivity index (χ0n) is 13.9. The molecule has 0 saturated carbocycles. The van der Waals surface area contributed by atoms with Gasteiger partial charge in [-0.15, -0.1) is 0 Å². The van der Waals surface area contributed by atoms with E-state index in [9.17, 15) is 22.6 Å². The van der Waals surface area contributed by atoms with Gasteiger partial charge in [0, 0.05) is 0 Å². The van der Waals surface area contributed by atoms with E-state index in [0.29, 0.717) is 5.56 Å². The molecule has 0 spiro atoms. The minimum atomic E-state index is -5.01. The van der Waals surface area contributed by atoms with E-state index in [-0.39, 0.29) is 10.9 Å². The van der Waals surface area contributed by atoms with Crippen LogP contribution >= 0.6 is 0 Å². The summed E-state index contributed by atoms with van der Waals surface area (Å²) in [6, 6.07) is 7.13. The zero-order valence-corrected chi connectivity index (χ0v) is 14.7. The Bertz CT molecular complexity index is 680. The average molecular weight is 359 g/mol. The normalized spacial score (nSPS) is 13.0. The van der Waals surface area contributed by atoms with Crippen LogP contribution in [0.2, 0.25) is 0 Å². The fraction of sp³-hybridized carbons (Fsp3) is 0.467. The Kier molecular flexibility index (Phi) is 6.33. The van der Waals surface area contributed by atoms with Gasteiger partial charge >= 0.3 is 22.4 Å². The molecular formula is C15H21NO7S. The first-order valence-electron chi connectivity index (χ1n) is 7.12. The lowest BCUT2D eigenvalue weighted by molar-refractivity contribution is -0.149. The van der Waals surface area contributed by atoms with Crippen LogP contribution in [0.15, 0.2) is 30.3 Å². The fourth-order valence-corrected chi connectivity index (χ4v) is 2.42. The molecule has 1 amide bonds. The van der Waals surface area contributed by atoms with Gasteiger partial charge in [0.2, 0.25) is 0 Å². The molecule has 24 heavy (non-hydrogen) atoms. The number of carbonyl (C=O) groups is 2. The first-order valence-corrected chi connectivity index (χ1v) is 8.52. The van der Waals surface area contributed by atoms with Crippen LogP contribution in [-0.4, -0.2) is 41.0 Å². The summed E-state index contributed by atoms with van der Waals surface area (Å²) in [4.78, 5) is 24.0. The van der Waals surface area contributed by atoms with Gasteiger partial charge in [-0.25, -0.2) is 9.59 Å². The van der Waals surface area contributed by atoms with Crippen LogP contribution in [0.4, 0.5) is 4.79 Å². The maximum atomic E-state index is 12.0. The molecule has 0 radical (unpaired) electrons. The molecule has 9 heteroatoms. The number of hydrogen-bond acceptors (Lipinski definition) is 6. The fourth-order valence-electron chi connectivity index (χ4n) is 1.70. The van der Waals surface area contributed by atoms with Gasteiger partial charge in [-0.1, -0.05) is 30.3 Å². The molecule has 134 valence electrons. The summed E-state index contributed by atoms with van der Waals surface area (Å²) >= 11 is 0. The molecule has 1 rings (SSSR count). The monoisotopic (exact) mass is 359 g/mol. The van der Waals surface area contributed by atoms with Gasteiger partial charge in [0.15, 0.2) is 0 Å². The van der Waals surface area contributed by atoms with Gasteiger partial charge in [-0.3, -0.25) is 4.55 Å². The van der Waals surface area contributed by atoms with Crippen molar-refractivity contribution in [1.82, 2.24) is 4.31 Å². The highest BCUT2D eigenvalue weighted by molar-refractivity contribution is 7.84. The van der Waals surface area contributed by atoms with E-state index < -0.39 is 34.0 Å². The summed E-state index contributed by atoms with van der Waals surface area (Å²) in [7, 11) is -5.01. The Morgan fingerprint density at radius 2 is 1.75 bits per heavy atom. The molecule has 0 unspecified atom stereocenters. The molecule has 0 aliphatic rings. The third-order valence-corrected chi connectivity index (χ3v) is 3.70. The number of amides is 1. The summed E-state index contributed by atoms with van der Waals surface area (Å²) < 4.78 is 42.0. The predicted octanol–water partition coefficient (Wildman–Crippen LogP) is 2.16. The van der Waals surface area contributed by atoms with Crippen LogP contribution in [0.3, 0.4) is 0 Å². The van der Waals surface area contributed by atoms with Crippen molar-refractivity contribution in [1.29, 1.82) is 0 Å². The Labute approximate surface area is 141 Å². The maximum Gasteiger partial charge on any atom is 0.426 e. The lowest BCUT2D eigenvalue weighted by Crippen LogP contribution is -2.49. The topological polar surface area (TPSA) is 110 Å². The lowest BCUT2D eigenvalue weighted by atomic mass is 10.2. The molecular weight excluding hydrogens is 338 g/mol. The van der Waals surface area contributed by atoms with Crippen LogP contribution in [-0.2, 0) is 31.2 Å². The van der Waals surface area contributed by atoms with Crippen LogP contribution in [0.25, 0.3) is 0 Å². The molecule has 8 nitrogen and oxygen atoms in total. The number of benzene rings is 1. The van der Waals surface area contributed by atoms with Crippen molar-refractivity contribution in [2.75, 3.05) is 0 Å². The van der Waals surface area contributed by atoms with Crippen LogP contribution in [0.1, 0.15) is 33.3 Å². The highest BCUT2D eigenvalue weighted by Crippen LogP contribution is 2.16. The third kappa shape index (κ3) is 6.17. The Hall–Kier alpha value is -2.13. The van der Waals surface area contributed by atoms with Crippen LogP contribution < -0.4 is 0 Å². The first kappa shape index (κ1) is 19.9. The molecule has 0 heterocycles. The SMILES string of the molecule is C[C@H](C(=O)OCc1ccccc1)N(C(=O)OC(C)(C)C)S(=O)(=O)O. The van der Waals surface area contributed by atoms with E-state index in [1.807, 2.05) is 0 Å². The highest BCUT2D eigenvalue weighted by Gasteiger charge is 2.38. The van der Waals surface area contributed by atoms with E-state index >= 15 is 0 Å². The first-order chi connectivity index (χ1) is 10.9. The molecule has 0 fully saturated rings. The van der Waals surface area contributed by atoms with Gasteiger partial charge in [-0.2, -0.15) is 12.7 Å². The summed E-state index contributed by atoms with van der Waals surface area (Å²) in [5.41, 5.74) is -0.318. The van der Waals surface area contributed by atoms with Crippen molar-refractivity contribution in [2.45, 2.75) is 45.9 Å². The van der Waals surface area contributed by atoms with Crippen LogP contribution in [0, 0.1) is 0 Å². The van der Waals surface area contributed by atoms with Crippen molar-refractivity contribution in [3.05, 3.63) is 35.9 Å². The Balaban J connectivity index is 2.86. The van der Waals surface area contributed by atoms with Crippen molar-refractivity contribution in [3.63, 3.8) is 0 Å². The quantitative estimate of drug-likeness (QED) is 0.633. The van der Waals surface area contributed by atoms with Gasteiger partial charge in [0.25, 0.3) is 0 Å². The minimum Gasteiger partial charge on any atom is -0.459 e. The largest absolute Gasteiger partial charge is 0.459 e. The molecule has 0 aliphatic carbocycles. The van der Waals surface area contributed by atoms with Crippen molar-refractivity contribution >= 4 is 22.4 Å². The Morgan fingerprint density at radius 1 is 1.21 bits per heavy atom. The number of esters is 1. The van der Waals surface area contributed by atoms with Crippen molar-refractivity contribution in [2.24, 2.45) is 0 Å². The van der Waals surface area contributed by atoms with E-state index in [2.05, 4.69) is 0 Å². The predicted molar refractivity (Wildman–Crippen MR) is 85.3 cm³/mol. The number of nitrogens with zero attached hydrogens (tertiary/aromatic N) is 1. The zero-order chi connectivity index (χ0) is 18.5. The van der Waals surface area contributed by atoms with E-state index in [1.165, 1.54) is 20.8 Å². The number of hydrogen-bond donors (Lipinski definition) is 1. The number of ether oxygens (including phenoxy) is 2. The van der Waals surface area contributed by atoms with E-state index in [1.54, 1.807) is 30.3 Å². The summed E-state index contributed by atoms with van der Waals surface area (Å²) in [6.07, 6.45) is -1.37. The third-order valence-electron chi connectivity index (χ3n) is 2.74. The van der Waals surface area contributed by atoms with E-state index in [0.717, 1.165) is 6.92 Å². The number of rotatable bonds is 5. The van der Waals surface area contributed by atoms with Gasteiger partial charge < -0.3 is 9.47 Å². The van der Waals surface area contributed by atoms with E-state index in [4.69, 9.17) is 9.47 Å². The summed E-state index contributed by atoms with van der Waals surface area (Å²) in [6.45, 7) is 5.57. The molecule has 0 saturated heterocycles. The van der Waals surface area contributed by atoms with Gasteiger partial charge in [0.05, 0.1) is 0 Å². The molecule has 1 atom stereocenters. The van der Waals surface area contributed by atoms with Crippen molar-refractivity contribution < 1.29 is 32.0 Å². The molecule has 0 aromatic heterocycles. The second-order valence-corrected chi connectivity index (χ2v) is 7.31. The average Bonchev–Trinajstić information content (AvgIpc) is 2.42. The maximum absolute atomic E-state index is 12.0. The second-order valence-electron chi connectivity index (χ2n) is 6.02. The second kappa shape index (κ2) is 7.63. The van der Waals surface area contributed by atoms with Gasteiger partial charge in [0.1, 0.15) is 18.2 Å². The summed E-state index contributed by atoms with van der Waals surface area (Å²) in [5, 5.41) is 0. The smallest absolute Gasteiger partial charge is 0.426 e. The summed E-state index contributed by atoms with van der Waals surface area (Å²) in [5.74, 6) is -0.998. The molecule has 1 N–H and O–H groups in total. The molecule has 0 bridgehead atoms. The Morgan fingerprint density at radius 3 is 2.21 bits per heavy atom. The lowest BCUT2D eigenvalue weighted by Gasteiger charge is -2.27. The molecule has 1 aromatic carbocycles. The standard InChI is InChI=1S/C15H21NO7S/c1-11(13(17)22-10-12-8-6-5-7-9-12)16(24(19,20)21)14(18)23-15(2,3)4/h5-9,11H,10H2,1-4H3,(H,19,20,21)/t11-/m1/s1. The molecule has 0 aliphatic heterocycles. The molecule has 1 aromatic rings. The van der Waals surface area contributed by atoms with Crippen LogP contribution in [0.5, 0.6) is 0 Å². The minimum absolute atomic E-state index is 0.0500. The number of carbonyl (C=O) groups excluding carboxylic acids is 2. The van der Waals surface area contributed by atoms with Crippen molar-refractivity contribution in [3.8, 4) is 0 Å². The highest BCUT2D eigenvalue weighted by atomic mass is 32.2. The van der Waals surface area contributed by atoms with Gasteiger partial charge in [-0.05, 0) is 33.3 Å².